The Morgan fingerprint density at radius 3 is 1.38 bits per heavy atom. The number of fused-ring (bicyclic) bond motifs is 3. The predicted octanol–water partition coefficient (Wildman–Crippen LogP) is 22.0. The summed E-state index contributed by atoms with van der Waals surface area (Å²) in [4.78, 5) is 139. The van der Waals surface area contributed by atoms with Crippen LogP contribution in [0.4, 0.5) is 0 Å². The number of halogens is 5. The van der Waals surface area contributed by atoms with Gasteiger partial charge in [-0.3, -0.25) is 48.5 Å². The number of ketones is 2. The van der Waals surface area contributed by atoms with Gasteiger partial charge in [-0.1, -0.05) is 207 Å². The number of aromatic nitrogens is 3. The molecule has 137 heavy (non-hydrogen) atoms. The quantitative estimate of drug-likeness (QED) is 0.0187. The Morgan fingerprint density at radius 1 is 0.474 bits per heavy atom. The van der Waals surface area contributed by atoms with E-state index in [1.165, 1.54) is 35.3 Å². The number of aliphatic carboxylic acids is 2. The van der Waals surface area contributed by atoms with Gasteiger partial charge in [0, 0.05) is 146 Å². The lowest BCUT2D eigenvalue weighted by Gasteiger charge is -2.37. The van der Waals surface area contributed by atoms with Crippen LogP contribution in [-0.2, 0) is 67.5 Å². The van der Waals surface area contributed by atoms with Gasteiger partial charge in [-0.15, -0.1) is 35.3 Å². The number of nitrogens with one attached hydrogen (secondary N) is 4. The SMILES string of the molecule is COC(=O)C(C#N)C(=O)[C@]1(Sc2ccccc2)CC(=O)N(CC2CC2)[C@H]1c1c[nH]c2ccccc12.Cc1ccc(S[C@@]2(CC(=O)O)CC(=O)N(Cc3ccc(Br)cc3)[C@H]2c2c[nH]c3cc(Cl)ccc23)cc1.N#CC(C#N)C(=O)[C@]1(Sc2ccccc2)CC(=O)N(CC2CC2)[C@H]1c1c[nH]c2ccccc12.O=C1CC(NCc2ccc(Cl)cc2)(C(=O)O)C(c2ccc(Cl)cc2)N1Cc1ccc(Cl)cc1. The number of thioether (sulfide) groups is 3. The highest BCUT2D eigenvalue weighted by Gasteiger charge is 2.64. The number of hydrogen-bond donors (Lipinski definition) is 6. The first kappa shape index (κ1) is 97.6. The largest absolute Gasteiger partial charge is 0.481 e. The average Bonchev–Trinajstić information content (AvgIpc) is 1.56. The first-order valence-corrected chi connectivity index (χ1v) is 49.2. The highest BCUT2D eigenvalue weighted by atomic mass is 79.9. The van der Waals surface area contributed by atoms with Crippen molar-refractivity contribution in [2.45, 2.75) is 143 Å². The molecule has 6 fully saturated rings. The standard InChI is InChI=1S/C28H24BrClN2O3S.C27H25N3O4S.C26H22N4O2S.C25H21Cl3N2O3/c1-17-2-9-21(10-3-17)36-28(14-26(34)35)13-25(33)32(16-18-4-6-19(29)7-5-18)27(28)23-15-31-24-12-20(30)8-11-22(23)24;1-34-26(33)20(14-28)25(32)27(35-18-7-3-2-4-8-18)13-23(31)30(16-17-11-12-17)24(27)21-15-29-22-10-6-5-9-19(21)22;27-13-18(14-28)25(32)26(33-19-6-2-1-3-7-19)12-23(31)30(16-17-10-11-17)24(26)21-15-29-22-9-5-4-8-20(21)22;26-19-7-1-16(2-8-19)14-29-25(24(32)33)13-22(31)30(15-17-3-9-20(27)10-4-17)23(25)18-5-11-21(28)12-6-18/h2-12,15,27,31H,13-14,16H2,1H3,(H,34,35);2-10,15,17,20,24,29H,11-13,16H2,1H3;1-9,15,17-18,24,29H,10-12,16H2;1-12,23,29H,13-15H2,(H,32,33)/t27-,28+;20?,24-,27-;24-,26-;/m000./s1. The molecule has 0 spiro atoms. The number of amides is 4. The highest BCUT2D eigenvalue weighted by Crippen LogP contribution is 2.60. The Labute approximate surface area is 832 Å². The van der Waals surface area contributed by atoms with Crippen LogP contribution in [-0.4, -0.2) is 138 Å². The fourth-order valence-corrected chi connectivity index (χ4v) is 24.3. The molecule has 4 aliphatic heterocycles. The molecule has 9 atom stereocenters. The summed E-state index contributed by atoms with van der Waals surface area (Å²) in [6.45, 7) is 4.03. The Balaban J connectivity index is 0.000000132. The molecule has 19 rings (SSSR count). The van der Waals surface area contributed by atoms with Gasteiger partial charge < -0.3 is 49.5 Å². The van der Waals surface area contributed by atoms with E-state index in [9.17, 15) is 69.1 Å². The van der Waals surface area contributed by atoms with Crippen LogP contribution in [0.2, 0.25) is 20.1 Å². The lowest BCUT2D eigenvalue weighted by Crippen LogP contribution is -2.55. The van der Waals surface area contributed by atoms with Crippen molar-refractivity contribution in [3.05, 3.63) is 336 Å². The summed E-state index contributed by atoms with van der Waals surface area (Å²) in [5.74, 6) is -6.84. The number of hydrogen-bond acceptors (Lipinski definition) is 17. The van der Waals surface area contributed by atoms with Gasteiger partial charge in [-0.2, -0.15) is 15.8 Å². The van der Waals surface area contributed by atoms with Crippen molar-refractivity contribution >= 4 is 183 Å². The van der Waals surface area contributed by atoms with Crippen LogP contribution in [0.25, 0.3) is 32.7 Å². The second-order valence-electron chi connectivity index (χ2n) is 35.1. The van der Waals surface area contributed by atoms with E-state index in [0.717, 1.165) is 124 Å². The number of para-hydroxylation sites is 2. The Kier molecular flexibility index (Phi) is 30.1. The van der Waals surface area contributed by atoms with Crippen molar-refractivity contribution < 1.29 is 58.1 Å². The number of Topliss-reactive ketones (excluding diaryl/α,β-unsaturated/α-hetero) is 2. The molecule has 31 heteroatoms. The number of aromatic amines is 3. The number of benzene rings is 10. The number of rotatable bonds is 29. The van der Waals surface area contributed by atoms with Gasteiger partial charge in [0.1, 0.15) is 9.49 Å². The van der Waals surface area contributed by atoms with Crippen molar-refractivity contribution in [3.63, 3.8) is 0 Å². The maximum absolute atomic E-state index is 14.2. The summed E-state index contributed by atoms with van der Waals surface area (Å²) >= 11 is 31.8. The van der Waals surface area contributed by atoms with E-state index in [2.05, 4.69) is 36.2 Å². The molecule has 10 aromatic carbocycles. The fourth-order valence-electron chi connectivity index (χ4n) is 19.0. The topological polar surface area (TPSA) is 347 Å². The van der Waals surface area contributed by atoms with Crippen LogP contribution in [0.3, 0.4) is 0 Å². The Hall–Kier alpha value is -12.4. The number of carboxylic acid groups (broad SMARTS) is 2. The van der Waals surface area contributed by atoms with Gasteiger partial charge in [0.2, 0.25) is 29.5 Å². The molecule has 2 saturated carbocycles. The monoisotopic (exact) mass is 2030 g/mol. The molecule has 3 aromatic heterocycles. The Bertz CT molecular complexity index is 6840. The van der Waals surface area contributed by atoms with Crippen LogP contribution >= 0.6 is 97.6 Å². The molecule has 696 valence electrons. The number of H-pyrrole nitrogens is 3. The first-order chi connectivity index (χ1) is 66.1. The summed E-state index contributed by atoms with van der Waals surface area (Å²) in [7, 11) is 1.16. The summed E-state index contributed by atoms with van der Waals surface area (Å²) < 4.78 is 2.20. The molecular weight excluding hydrogens is 1940 g/mol. The van der Waals surface area contributed by atoms with Gasteiger partial charge in [0.05, 0.1) is 79.9 Å². The van der Waals surface area contributed by atoms with E-state index in [0.29, 0.717) is 57.1 Å². The lowest BCUT2D eigenvalue weighted by atomic mass is 9.83. The van der Waals surface area contributed by atoms with E-state index >= 15 is 0 Å². The zero-order valence-electron chi connectivity index (χ0n) is 74.1. The molecule has 4 saturated heterocycles. The molecule has 23 nitrogen and oxygen atoms in total. The minimum absolute atomic E-state index is 0.0395. The van der Waals surface area contributed by atoms with Gasteiger partial charge in [-0.05, 0) is 176 Å². The zero-order chi connectivity index (χ0) is 96.6. The van der Waals surface area contributed by atoms with Crippen molar-refractivity contribution in [2.24, 2.45) is 23.7 Å². The number of nitrogens with zero attached hydrogens (tertiary/aromatic N) is 7. The zero-order valence-corrected chi connectivity index (χ0v) is 81.2. The molecule has 0 radical (unpaired) electrons. The second-order valence-corrected chi connectivity index (χ2v) is 42.0. The summed E-state index contributed by atoms with van der Waals surface area (Å²) in [5.41, 5.74) is 8.18. The maximum Gasteiger partial charge on any atom is 0.330 e. The number of likely N-dealkylation sites (tertiary alicyclic amines) is 4. The minimum Gasteiger partial charge on any atom is -0.481 e. The van der Waals surface area contributed by atoms with Gasteiger partial charge in [-0.25, -0.2) is 0 Å². The van der Waals surface area contributed by atoms with Crippen LogP contribution in [0, 0.1) is 64.6 Å². The van der Waals surface area contributed by atoms with E-state index in [1.54, 1.807) is 58.3 Å². The molecule has 6 N–H and O–H groups in total. The van der Waals surface area contributed by atoms with Gasteiger partial charge >= 0.3 is 17.9 Å². The Morgan fingerprint density at radius 2 is 0.898 bits per heavy atom. The molecular formula is C106H92BrCl4N11O12S3. The molecule has 2 aliphatic carbocycles. The molecule has 6 aliphatic rings. The summed E-state index contributed by atoms with van der Waals surface area (Å²) in [6, 6.07) is 80.2. The maximum atomic E-state index is 14.2. The van der Waals surface area contributed by atoms with Crippen LogP contribution in [0.1, 0.15) is 126 Å². The molecule has 4 amide bonds. The van der Waals surface area contributed by atoms with Crippen molar-refractivity contribution in [3.8, 4) is 18.2 Å². The van der Waals surface area contributed by atoms with Crippen LogP contribution < -0.4 is 5.32 Å². The summed E-state index contributed by atoms with van der Waals surface area (Å²) in [5, 5.41) is 57.8. The first-order valence-electron chi connectivity index (χ1n) is 44.4. The number of methoxy groups -OCH3 is 1. The van der Waals surface area contributed by atoms with Crippen molar-refractivity contribution in [1.82, 2.24) is 39.9 Å². The van der Waals surface area contributed by atoms with E-state index in [1.807, 2.05) is 254 Å². The number of carboxylic acids is 2. The number of carbonyl (C=O) groups excluding carboxylic acids is 7. The number of ether oxygens (including phenoxy) is 1. The number of nitriles is 3. The number of esters is 1. The third kappa shape index (κ3) is 21.2. The fraction of sp³-hybridized carbons (Fsp3) is 0.264. The van der Waals surface area contributed by atoms with Crippen LogP contribution in [0.5, 0.6) is 0 Å². The van der Waals surface area contributed by atoms with E-state index in [-0.39, 0.29) is 68.8 Å². The van der Waals surface area contributed by atoms with Crippen molar-refractivity contribution in [1.29, 1.82) is 15.8 Å². The van der Waals surface area contributed by atoms with Crippen molar-refractivity contribution in [2.75, 3.05) is 20.2 Å². The second kappa shape index (κ2) is 42.3. The third-order valence-corrected chi connectivity index (χ3v) is 31.7. The van der Waals surface area contributed by atoms with Gasteiger partial charge in [0.15, 0.2) is 23.0 Å². The molecule has 0 bridgehead atoms. The smallest absolute Gasteiger partial charge is 0.330 e. The summed E-state index contributed by atoms with van der Waals surface area (Å²) in [6.07, 6.45) is 9.47. The normalized spacial score (nSPS) is 21.3. The van der Waals surface area contributed by atoms with Crippen LogP contribution in [0.15, 0.2) is 286 Å². The van der Waals surface area contributed by atoms with E-state index in [4.69, 9.17) is 51.1 Å². The minimum atomic E-state index is -1.63. The average molecular weight is 2030 g/mol. The van der Waals surface area contributed by atoms with Gasteiger partial charge in [0.25, 0.3) is 0 Å². The molecule has 7 heterocycles. The highest BCUT2D eigenvalue weighted by molar-refractivity contribution is 9.10. The lowest BCUT2D eigenvalue weighted by molar-refractivity contribution is -0.148. The third-order valence-electron chi connectivity index (χ3n) is 25.9. The van der Waals surface area contributed by atoms with E-state index < -0.39 is 85.3 Å². The predicted molar refractivity (Wildman–Crippen MR) is 533 cm³/mol. The number of aryl methyl sites for hydroxylation is 1. The molecule has 3 unspecified atom stereocenters. The molecule has 13 aromatic rings. The number of carbonyl (C=O) groups is 9.